The average Bonchev–Trinajstić information content (AvgIpc) is 2.18. The molecule has 1 amide bonds. The molecule has 1 aromatic heterocycles. The number of carbonyl (C=O) groups excluding carboxylic acids is 1. The first kappa shape index (κ1) is 13.2. The summed E-state index contributed by atoms with van der Waals surface area (Å²) in [6, 6.07) is -0.411. The van der Waals surface area contributed by atoms with Crippen molar-refractivity contribution in [2.24, 2.45) is 0 Å². The van der Waals surface area contributed by atoms with E-state index in [1.54, 1.807) is 6.92 Å². The molecule has 6 nitrogen and oxygen atoms in total. The van der Waals surface area contributed by atoms with Crippen LogP contribution in [0, 0.1) is 0 Å². The minimum atomic E-state index is -0.411. The number of carbonyl (C=O) groups is 1. The van der Waals surface area contributed by atoms with Gasteiger partial charge in [-0.25, -0.2) is 9.97 Å². The highest BCUT2D eigenvalue weighted by Gasteiger charge is 2.19. The molecule has 0 spiro atoms. The fourth-order valence-electron chi connectivity index (χ4n) is 1.21. The first-order valence-electron chi connectivity index (χ1n) is 5.43. The van der Waals surface area contributed by atoms with Crippen LogP contribution in [0.2, 0.25) is 0 Å². The van der Waals surface area contributed by atoms with Crippen molar-refractivity contribution in [3.05, 3.63) is 12.5 Å². The SMILES string of the molecule is CC(Nc1ncncc1N)C(=O)NC(C)(C)C. The monoisotopic (exact) mass is 237 g/mol. The number of nitrogens with one attached hydrogen (secondary N) is 2. The van der Waals surface area contributed by atoms with Gasteiger partial charge in [-0.2, -0.15) is 0 Å². The lowest BCUT2D eigenvalue weighted by Crippen LogP contribution is -2.47. The molecule has 0 aliphatic carbocycles. The van der Waals surface area contributed by atoms with Crippen molar-refractivity contribution < 1.29 is 4.79 Å². The van der Waals surface area contributed by atoms with Crippen molar-refractivity contribution in [2.45, 2.75) is 39.3 Å². The van der Waals surface area contributed by atoms with Crippen molar-refractivity contribution in [3.8, 4) is 0 Å². The maximum absolute atomic E-state index is 11.8. The van der Waals surface area contributed by atoms with E-state index in [0.717, 1.165) is 0 Å². The van der Waals surface area contributed by atoms with Gasteiger partial charge in [-0.05, 0) is 27.7 Å². The Morgan fingerprint density at radius 3 is 2.65 bits per heavy atom. The molecular formula is C11H19N5O. The zero-order chi connectivity index (χ0) is 13.1. The van der Waals surface area contributed by atoms with Gasteiger partial charge in [0.1, 0.15) is 12.4 Å². The highest BCUT2D eigenvalue weighted by atomic mass is 16.2. The fourth-order valence-corrected chi connectivity index (χ4v) is 1.21. The van der Waals surface area contributed by atoms with Crippen LogP contribution in [-0.4, -0.2) is 27.5 Å². The van der Waals surface area contributed by atoms with Crippen molar-refractivity contribution in [1.82, 2.24) is 15.3 Å². The van der Waals surface area contributed by atoms with E-state index in [0.29, 0.717) is 11.5 Å². The molecule has 0 bridgehead atoms. The van der Waals surface area contributed by atoms with E-state index in [1.165, 1.54) is 12.5 Å². The van der Waals surface area contributed by atoms with Crippen LogP contribution in [0.1, 0.15) is 27.7 Å². The van der Waals surface area contributed by atoms with Crippen LogP contribution >= 0.6 is 0 Å². The van der Waals surface area contributed by atoms with Gasteiger partial charge in [-0.1, -0.05) is 0 Å². The molecule has 0 saturated carbocycles. The van der Waals surface area contributed by atoms with Gasteiger partial charge in [-0.15, -0.1) is 0 Å². The van der Waals surface area contributed by atoms with Crippen molar-refractivity contribution in [3.63, 3.8) is 0 Å². The minimum Gasteiger partial charge on any atom is -0.394 e. The molecule has 94 valence electrons. The van der Waals surface area contributed by atoms with Crippen molar-refractivity contribution in [1.29, 1.82) is 0 Å². The van der Waals surface area contributed by atoms with E-state index in [2.05, 4.69) is 20.6 Å². The van der Waals surface area contributed by atoms with Gasteiger partial charge >= 0.3 is 0 Å². The van der Waals surface area contributed by atoms with Crippen molar-refractivity contribution in [2.75, 3.05) is 11.1 Å². The highest BCUT2D eigenvalue weighted by molar-refractivity contribution is 5.85. The second kappa shape index (κ2) is 4.99. The smallest absolute Gasteiger partial charge is 0.242 e. The molecule has 17 heavy (non-hydrogen) atoms. The lowest BCUT2D eigenvalue weighted by atomic mass is 10.1. The normalized spacial score (nSPS) is 12.9. The second-order valence-corrected chi connectivity index (χ2v) is 4.93. The molecule has 1 atom stereocenters. The Hall–Kier alpha value is -1.85. The van der Waals surface area contributed by atoms with E-state index < -0.39 is 6.04 Å². The Morgan fingerprint density at radius 2 is 2.12 bits per heavy atom. The summed E-state index contributed by atoms with van der Waals surface area (Å²) in [4.78, 5) is 19.6. The summed E-state index contributed by atoms with van der Waals surface area (Å²) in [5.41, 5.74) is 5.84. The molecule has 0 aliphatic rings. The number of hydrogen-bond acceptors (Lipinski definition) is 5. The van der Waals surface area contributed by atoms with Crippen LogP contribution in [0.5, 0.6) is 0 Å². The third kappa shape index (κ3) is 4.26. The predicted molar refractivity (Wildman–Crippen MR) is 67.4 cm³/mol. The van der Waals surface area contributed by atoms with Crippen LogP contribution in [0.4, 0.5) is 11.5 Å². The quantitative estimate of drug-likeness (QED) is 0.722. The number of rotatable bonds is 3. The van der Waals surface area contributed by atoms with Crippen molar-refractivity contribution >= 4 is 17.4 Å². The summed E-state index contributed by atoms with van der Waals surface area (Å²) in [6.45, 7) is 7.53. The Morgan fingerprint density at radius 1 is 1.47 bits per heavy atom. The van der Waals surface area contributed by atoms with Crippen LogP contribution in [0.25, 0.3) is 0 Å². The van der Waals surface area contributed by atoms with E-state index in [1.807, 2.05) is 20.8 Å². The standard InChI is InChI=1S/C11H19N5O/c1-7(10(17)16-11(2,3)4)15-9-8(12)5-13-6-14-9/h5-7H,12H2,1-4H3,(H,16,17)(H,13,14,15). The molecule has 0 aliphatic heterocycles. The van der Waals surface area contributed by atoms with Crippen LogP contribution < -0.4 is 16.4 Å². The molecule has 0 radical (unpaired) electrons. The first-order valence-corrected chi connectivity index (χ1v) is 5.43. The van der Waals surface area contributed by atoms with Gasteiger partial charge in [0.05, 0.1) is 11.9 Å². The Balaban J connectivity index is 2.64. The van der Waals surface area contributed by atoms with Gasteiger partial charge in [0.15, 0.2) is 5.82 Å². The molecule has 4 N–H and O–H groups in total. The van der Waals surface area contributed by atoms with Gasteiger partial charge in [0.25, 0.3) is 0 Å². The Labute approximate surface area is 101 Å². The molecule has 1 aromatic rings. The van der Waals surface area contributed by atoms with E-state index in [4.69, 9.17) is 5.73 Å². The largest absolute Gasteiger partial charge is 0.394 e. The molecule has 0 fully saturated rings. The first-order chi connectivity index (χ1) is 7.79. The summed E-state index contributed by atoms with van der Waals surface area (Å²) < 4.78 is 0. The topological polar surface area (TPSA) is 92.9 Å². The number of nitrogen functional groups attached to an aromatic ring is 1. The fraction of sp³-hybridized carbons (Fsp3) is 0.545. The maximum atomic E-state index is 11.8. The number of nitrogens with zero attached hydrogens (tertiary/aromatic N) is 2. The molecule has 1 heterocycles. The van der Waals surface area contributed by atoms with E-state index >= 15 is 0 Å². The second-order valence-electron chi connectivity index (χ2n) is 4.93. The summed E-state index contributed by atoms with van der Waals surface area (Å²) >= 11 is 0. The summed E-state index contributed by atoms with van der Waals surface area (Å²) in [7, 11) is 0. The number of anilines is 2. The van der Waals surface area contributed by atoms with Gasteiger partial charge < -0.3 is 16.4 Å². The lowest BCUT2D eigenvalue weighted by molar-refractivity contribution is -0.122. The van der Waals surface area contributed by atoms with Crippen LogP contribution in [0.3, 0.4) is 0 Å². The maximum Gasteiger partial charge on any atom is 0.242 e. The highest BCUT2D eigenvalue weighted by Crippen LogP contribution is 2.13. The van der Waals surface area contributed by atoms with Gasteiger partial charge in [0, 0.05) is 5.54 Å². The van der Waals surface area contributed by atoms with Gasteiger partial charge in [-0.3, -0.25) is 4.79 Å². The third-order valence-corrected chi connectivity index (χ3v) is 1.99. The molecule has 1 unspecified atom stereocenters. The van der Waals surface area contributed by atoms with E-state index in [9.17, 15) is 4.79 Å². The van der Waals surface area contributed by atoms with Crippen LogP contribution in [0.15, 0.2) is 12.5 Å². The minimum absolute atomic E-state index is 0.101. The summed E-state index contributed by atoms with van der Waals surface area (Å²) in [5, 5.41) is 5.82. The number of nitrogens with two attached hydrogens (primary N) is 1. The number of aromatic nitrogens is 2. The van der Waals surface area contributed by atoms with Crippen LogP contribution in [-0.2, 0) is 4.79 Å². The zero-order valence-corrected chi connectivity index (χ0v) is 10.6. The average molecular weight is 237 g/mol. The van der Waals surface area contributed by atoms with Gasteiger partial charge in [0.2, 0.25) is 5.91 Å². The molecule has 0 aromatic carbocycles. The molecular weight excluding hydrogens is 218 g/mol. The summed E-state index contributed by atoms with van der Waals surface area (Å²) in [5.74, 6) is 0.368. The number of amides is 1. The third-order valence-electron chi connectivity index (χ3n) is 1.99. The summed E-state index contributed by atoms with van der Waals surface area (Å²) in [6.07, 6.45) is 2.87. The lowest BCUT2D eigenvalue weighted by Gasteiger charge is -2.24. The molecule has 1 rings (SSSR count). The van der Waals surface area contributed by atoms with E-state index in [-0.39, 0.29) is 11.4 Å². The molecule has 6 heteroatoms. The molecule has 0 saturated heterocycles. The zero-order valence-electron chi connectivity index (χ0n) is 10.6. The Kier molecular flexibility index (Phi) is 3.88. The predicted octanol–water partition coefficient (Wildman–Crippen LogP) is 0.774. The number of hydrogen-bond donors (Lipinski definition) is 3. The Bertz CT molecular complexity index is 399.